The van der Waals surface area contributed by atoms with E-state index in [-0.39, 0.29) is 0 Å². The van der Waals surface area contributed by atoms with E-state index in [4.69, 9.17) is 22.3 Å². The van der Waals surface area contributed by atoms with Crippen molar-refractivity contribution in [2.75, 3.05) is 5.73 Å². The number of halogens is 1. The zero-order chi connectivity index (χ0) is 18.4. The van der Waals surface area contributed by atoms with Crippen molar-refractivity contribution in [2.24, 2.45) is 0 Å². The average molecular weight is 394 g/mol. The Balaban J connectivity index is 1.56. The average Bonchev–Trinajstić information content (AvgIpc) is 3.38. The monoisotopic (exact) mass is 393 g/mol. The van der Waals surface area contributed by atoms with Crippen LogP contribution in [-0.4, -0.2) is 20.2 Å². The van der Waals surface area contributed by atoms with E-state index >= 15 is 0 Å². The Morgan fingerprint density at radius 3 is 2.74 bits per heavy atom. The van der Waals surface area contributed by atoms with Crippen molar-refractivity contribution in [1.82, 2.24) is 20.2 Å². The second-order valence-corrected chi connectivity index (χ2v) is 8.11. The Hall–Kier alpha value is -2.57. The molecule has 1 saturated carbocycles. The maximum atomic E-state index is 6.33. The molecule has 7 heteroatoms. The second-order valence-electron chi connectivity index (χ2n) is 6.63. The molecule has 5 nitrogen and oxygen atoms in total. The number of benzene rings is 2. The van der Waals surface area contributed by atoms with Gasteiger partial charge in [0.25, 0.3) is 0 Å². The minimum Gasteiger partial charge on any atom is -0.383 e. The fourth-order valence-electron chi connectivity index (χ4n) is 3.16. The first-order valence-electron chi connectivity index (χ1n) is 8.73. The molecule has 1 aliphatic rings. The summed E-state index contributed by atoms with van der Waals surface area (Å²) >= 11 is 7.51. The molecular formula is C20H16ClN5S. The van der Waals surface area contributed by atoms with Gasteiger partial charge in [-0.05, 0) is 54.9 Å². The van der Waals surface area contributed by atoms with Crippen molar-refractivity contribution in [2.45, 2.75) is 28.8 Å². The van der Waals surface area contributed by atoms with Crippen molar-refractivity contribution in [1.29, 1.82) is 0 Å². The molecule has 0 radical (unpaired) electrons. The van der Waals surface area contributed by atoms with Crippen molar-refractivity contribution < 1.29 is 0 Å². The third kappa shape index (κ3) is 3.26. The van der Waals surface area contributed by atoms with Gasteiger partial charge in [-0.2, -0.15) is 5.10 Å². The van der Waals surface area contributed by atoms with E-state index < -0.39 is 0 Å². The van der Waals surface area contributed by atoms with E-state index in [9.17, 15) is 0 Å². The Labute approximate surface area is 165 Å². The Morgan fingerprint density at radius 2 is 1.93 bits per heavy atom. The number of aromatic nitrogens is 4. The van der Waals surface area contributed by atoms with Crippen LogP contribution in [0.3, 0.4) is 0 Å². The molecular weight excluding hydrogens is 378 g/mol. The van der Waals surface area contributed by atoms with Crippen molar-refractivity contribution in [3.05, 3.63) is 59.2 Å². The Kier molecular flexibility index (Phi) is 4.02. The number of aromatic amines is 1. The molecule has 2 heterocycles. The van der Waals surface area contributed by atoms with Gasteiger partial charge in [-0.25, -0.2) is 9.97 Å². The lowest BCUT2D eigenvalue weighted by Crippen LogP contribution is -1.98. The second kappa shape index (κ2) is 6.55. The summed E-state index contributed by atoms with van der Waals surface area (Å²) in [4.78, 5) is 10.2. The Morgan fingerprint density at radius 1 is 1.07 bits per heavy atom. The van der Waals surface area contributed by atoms with E-state index in [0.29, 0.717) is 21.9 Å². The largest absolute Gasteiger partial charge is 0.383 e. The summed E-state index contributed by atoms with van der Waals surface area (Å²) in [5.74, 6) is 1.08. The first kappa shape index (κ1) is 16.6. The summed E-state index contributed by atoms with van der Waals surface area (Å²) in [5.41, 5.74) is 10.2. The van der Waals surface area contributed by atoms with Gasteiger partial charge in [0.15, 0.2) is 5.16 Å². The van der Waals surface area contributed by atoms with Crippen molar-refractivity contribution in [3.8, 4) is 11.3 Å². The van der Waals surface area contributed by atoms with Gasteiger partial charge in [-0.1, -0.05) is 29.8 Å². The maximum absolute atomic E-state index is 6.33. The third-order valence-corrected chi connectivity index (χ3v) is 5.72. The van der Waals surface area contributed by atoms with E-state index in [1.54, 1.807) is 0 Å². The normalized spacial score (nSPS) is 14.0. The minimum atomic E-state index is 0.455. The highest BCUT2D eigenvalue weighted by Crippen LogP contribution is 2.41. The smallest absolute Gasteiger partial charge is 0.194 e. The van der Waals surface area contributed by atoms with E-state index in [1.807, 2.05) is 42.5 Å². The number of nitrogens with zero attached hydrogens (tertiary/aromatic N) is 3. The zero-order valence-corrected chi connectivity index (χ0v) is 15.9. The first-order valence-corrected chi connectivity index (χ1v) is 9.92. The predicted molar refractivity (Wildman–Crippen MR) is 109 cm³/mol. The van der Waals surface area contributed by atoms with Gasteiger partial charge >= 0.3 is 0 Å². The lowest BCUT2D eigenvalue weighted by Gasteiger charge is -2.08. The SMILES string of the molecule is Nc1nc(Sc2cccc(Cl)c2)nc2cccc(-c3cc(C4CC4)[nH]n3)c12. The summed E-state index contributed by atoms with van der Waals surface area (Å²) in [6.07, 6.45) is 2.46. The van der Waals surface area contributed by atoms with Crippen LogP contribution in [0.1, 0.15) is 24.5 Å². The number of hydrogen-bond donors (Lipinski definition) is 2. The van der Waals surface area contributed by atoms with Crippen LogP contribution in [0.5, 0.6) is 0 Å². The predicted octanol–water partition coefficient (Wildman–Crippen LogP) is 5.28. The quantitative estimate of drug-likeness (QED) is 0.461. The fourth-order valence-corrected chi connectivity index (χ4v) is 4.25. The molecule has 5 rings (SSSR count). The molecule has 1 fully saturated rings. The number of hydrogen-bond acceptors (Lipinski definition) is 5. The van der Waals surface area contributed by atoms with Gasteiger partial charge in [0.1, 0.15) is 5.82 Å². The van der Waals surface area contributed by atoms with Crippen molar-refractivity contribution in [3.63, 3.8) is 0 Å². The van der Waals surface area contributed by atoms with Gasteiger partial charge in [-0.15, -0.1) is 0 Å². The van der Waals surface area contributed by atoms with E-state index in [2.05, 4.69) is 21.2 Å². The molecule has 0 spiro atoms. The van der Waals surface area contributed by atoms with Crippen molar-refractivity contribution >= 4 is 40.1 Å². The standard InChI is InChI=1S/C20H16ClN5S/c21-12-3-1-4-13(9-12)27-20-23-15-6-2-5-14(18(15)19(22)24-20)17-10-16(25-26-17)11-7-8-11/h1-6,9-11H,7-8H2,(H,25,26)(H2,22,23,24). The van der Waals surface area contributed by atoms with Gasteiger partial charge in [0, 0.05) is 27.1 Å². The minimum absolute atomic E-state index is 0.455. The molecule has 0 unspecified atom stereocenters. The molecule has 0 amide bonds. The Bertz CT molecular complexity index is 1150. The molecule has 0 aliphatic heterocycles. The first-order chi connectivity index (χ1) is 13.2. The molecule has 2 aromatic carbocycles. The number of nitrogens with two attached hydrogens (primary N) is 1. The van der Waals surface area contributed by atoms with Gasteiger partial charge < -0.3 is 5.73 Å². The zero-order valence-electron chi connectivity index (χ0n) is 14.3. The fraction of sp³-hybridized carbons (Fsp3) is 0.150. The molecule has 3 N–H and O–H groups in total. The number of anilines is 1. The highest BCUT2D eigenvalue weighted by Gasteiger charge is 2.26. The van der Waals surface area contributed by atoms with Crippen LogP contribution < -0.4 is 5.73 Å². The molecule has 134 valence electrons. The molecule has 0 bridgehead atoms. The van der Waals surface area contributed by atoms with Crippen LogP contribution >= 0.6 is 23.4 Å². The molecule has 4 aromatic rings. The summed E-state index contributed by atoms with van der Waals surface area (Å²) in [5, 5.41) is 9.75. The lowest BCUT2D eigenvalue weighted by molar-refractivity contribution is 0.967. The van der Waals surface area contributed by atoms with Gasteiger partial charge in [0.05, 0.1) is 16.6 Å². The van der Waals surface area contributed by atoms with Crippen LogP contribution in [0, 0.1) is 0 Å². The molecule has 2 aromatic heterocycles. The number of rotatable bonds is 4. The highest BCUT2D eigenvalue weighted by molar-refractivity contribution is 7.99. The number of nitrogen functional groups attached to an aromatic ring is 1. The van der Waals surface area contributed by atoms with Crippen LogP contribution in [-0.2, 0) is 0 Å². The third-order valence-electron chi connectivity index (χ3n) is 4.63. The molecule has 1 aliphatic carbocycles. The molecule has 0 saturated heterocycles. The number of H-pyrrole nitrogens is 1. The summed E-state index contributed by atoms with van der Waals surface area (Å²) < 4.78 is 0. The topological polar surface area (TPSA) is 80.5 Å². The van der Waals surface area contributed by atoms with Crippen LogP contribution in [0.4, 0.5) is 5.82 Å². The summed E-state index contributed by atoms with van der Waals surface area (Å²) in [6, 6.07) is 15.7. The molecule has 0 atom stereocenters. The number of nitrogens with one attached hydrogen (secondary N) is 1. The van der Waals surface area contributed by atoms with Crippen LogP contribution in [0.2, 0.25) is 5.02 Å². The van der Waals surface area contributed by atoms with Crippen LogP contribution in [0.15, 0.2) is 58.6 Å². The molecule has 27 heavy (non-hydrogen) atoms. The summed E-state index contributed by atoms with van der Waals surface area (Å²) in [7, 11) is 0. The van der Waals surface area contributed by atoms with E-state index in [0.717, 1.165) is 27.1 Å². The van der Waals surface area contributed by atoms with Crippen LogP contribution in [0.25, 0.3) is 22.2 Å². The lowest BCUT2D eigenvalue weighted by atomic mass is 10.1. The van der Waals surface area contributed by atoms with Gasteiger partial charge in [-0.3, -0.25) is 5.10 Å². The summed E-state index contributed by atoms with van der Waals surface area (Å²) in [6.45, 7) is 0. The highest BCUT2D eigenvalue weighted by atomic mass is 35.5. The van der Waals surface area contributed by atoms with E-state index in [1.165, 1.54) is 30.3 Å². The number of fused-ring (bicyclic) bond motifs is 1. The maximum Gasteiger partial charge on any atom is 0.194 e. The van der Waals surface area contributed by atoms with Gasteiger partial charge in [0.2, 0.25) is 0 Å².